The summed E-state index contributed by atoms with van der Waals surface area (Å²) in [5.74, 6) is 0.626. The van der Waals surface area contributed by atoms with Crippen molar-refractivity contribution in [1.29, 1.82) is 0 Å². The first-order valence-corrected chi connectivity index (χ1v) is 13.5. The molecule has 2 aromatic heterocycles. The number of aromatic nitrogens is 1. The highest BCUT2D eigenvalue weighted by atomic mass is 35.5. The first-order valence-electron chi connectivity index (χ1n) is 10.0. The van der Waals surface area contributed by atoms with Crippen LogP contribution in [-0.4, -0.2) is 50.0 Å². The molecule has 176 valence electrons. The van der Waals surface area contributed by atoms with Gasteiger partial charge in [-0.25, -0.2) is 8.42 Å². The Balaban J connectivity index is 1.76. The quantitative estimate of drug-likeness (QED) is 0.435. The van der Waals surface area contributed by atoms with Crippen molar-refractivity contribution in [1.82, 2.24) is 8.87 Å². The SMILES string of the molecule is C=CCn1c(=NC(=O)C2CCCN2S(=O)(=O)c2ccc(Cl)s2)sc2cc(OC)c(OC)cc21. The van der Waals surface area contributed by atoms with Gasteiger partial charge in [0.15, 0.2) is 16.3 Å². The van der Waals surface area contributed by atoms with E-state index in [-0.39, 0.29) is 10.8 Å². The second kappa shape index (κ2) is 9.59. The normalized spacial score (nSPS) is 17.5. The number of thiophene rings is 1. The van der Waals surface area contributed by atoms with Gasteiger partial charge in [-0.2, -0.15) is 9.30 Å². The molecular weight excluding hydrogens is 506 g/mol. The molecule has 1 unspecified atom stereocenters. The molecular formula is C21H22ClN3O5S3. The van der Waals surface area contributed by atoms with Crippen LogP contribution >= 0.6 is 34.3 Å². The number of thiazole rings is 1. The van der Waals surface area contributed by atoms with E-state index in [1.165, 1.54) is 27.8 Å². The van der Waals surface area contributed by atoms with Crippen LogP contribution in [-0.2, 0) is 21.4 Å². The summed E-state index contributed by atoms with van der Waals surface area (Å²) in [4.78, 5) is 18.0. The van der Waals surface area contributed by atoms with Crippen molar-refractivity contribution in [2.45, 2.75) is 29.6 Å². The molecule has 1 saturated heterocycles. The van der Waals surface area contributed by atoms with E-state index in [4.69, 9.17) is 21.1 Å². The summed E-state index contributed by atoms with van der Waals surface area (Å²) in [6.07, 6.45) is 2.70. The Morgan fingerprint density at radius 2 is 2.00 bits per heavy atom. The molecule has 3 heterocycles. The van der Waals surface area contributed by atoms with Crippen LogP contribution in [0.15, 0.2) is 46.1 Å². The van der Waals surface area contributed by atoms with Gasteiger partial charge in [-0.05, 0) is 25.0 Å². The van der Waals surface area contributed by atoms with E-state index in [1.54, 1.807) is 20.3 Å². The Morgan fingerprint density at radius 1 is 1.27 bits per heavy atom. The summed E-state index contributed by atoms with van der Waals surface area (Å²) in [5.41, 5.74) is 0.813. The van der Waals surface area contributed by atoms with Gasteiger partial charge in [-0.3, -0.25) is 4.79 Å². The smallest absolute Gasteiger partial charge is 0.266 e. The third-order valence-electron chi connectivity index (χ3n) is 5.31. The molecule has 0 N–H and O–H groups in total. The van der Waals surface area contributed by atoms with Crippen LogP contribution in [0.3, 0.4) is 0 Å². The van der Waals surface area contributed by atoms with E-state index in [0.717, 1.165) is 21.6 Å². The number of carbonyl (C=O) groups excluding carboxylic acids is 1. The zero-order valence-electron chi connectivity index (χ0n) is 18.0. The molecule has 1 aliphatic heterocycles. The number of sulfonamides is 1. The number of hydrogen-bond donors (Lipinski definition) is 0. The maximum absolute atomic E-state index is 13.2. The second-order valence-electron chi connectivity index (χ2n) is 7.24. The molecule has 0 aliphatic carbocycles. The van der Waals surface area contributed by atoms with Gasteiger partial charge in [0, 0.05) is 25.2 Å². The Hall–Kier alpha value is -2.18. The first-order chi connectivity index (χ1) is 15.8. The Kier molecular flexibility index (Phi) is 6.96. The molecule has 1 fully saturated rings. The topological polar surface area (TPSA) is 90.2 Å². The molecule has 1 atom stereocenters. The number of carbonyl (C=O) groups is 1. The standard InChI is InChI=1S/C21H22ClN3O5S3/c1-4-9-24-14-11-15(29-2)16(30-3)12-17(14)31-21(24)23-20(26)13-6-5-10-25(13)33(27,28)19-8-7-18(22)32-19/h4,7-8,11-13H,1,5-6,9-10H2,2-3H3. The number of halogens is 1. The number of ether oxygens (including phenoxy) is 2. The van der Waals surface area contributed by atoms with Crippen molar-refractivity contribution in [3.8, 4) is 11.5 Å². The zero-order chi connectivity index (χ0) is 23.8. The fourth-order valence-electron chi connectivity index (χ4n) is 3.78. The molecule has 12 heteroatoms. The largest absolute Gasteiger partial charge is 0.493 e. The second-order valence-corrected chi connectivity index (χ2v) is 12.1. The van der Waals surface area contributed by atoms with E-state index in [1.807, 2.05) is 16.7 Å². The molecule has 1 aliphatic rings. The van der Waals surface area contributed by atoms with E-state index >= 15 is 0 Å². The number of benzene rings is 1. The Bertz CT molecular complexity index is 1390. The molecule has 0 radical (unpaired) electrons. The van der Waals surface area contributed by atoms with Gasteiger partial charge in [0.25, 0.3) is 15.9 Å². The average molecular weight is 528 g/mol. The maximum Gasteiger partial charge on any atom is 0.266 e. The number of amides is 1. The minimum Gasteiger partial charge on any atom is -0.493 e. The fraction of sp³-hybridized carbons (Fsp3) is 0.333. The van der Waals surface area contributed by atoms with E-state index in [0.29, 0.717) is 40.0 Å². The van der Waals surface area contributed by atoms with Gasteiger partial charge in [0.1, 0.15) is 10.3 Å². The van der Waals surface area contributed by atoms with Crippen LogP contribution in [0.5, 0.6) is 11.5 Å². The van der Waals surface area contributed by atoms with Crippen LogP contribution < -0.4 is 14.3 Å². The molecule has 1 amide bonds. The van der Waals surface area contributed by atoms with Crippen LogP contribution in [0.2, 0.25) is 4.34 Å². The van der Waals surface area contributed by atoms with Gasteiger partial charge < -0.3 is 14.0 Å². The highest BCUT2D eigenvalue weighted by molar-refractivity contribution is 7.91. The van der Waals surface area contributed by atoms with Gasteiger partial charge in [-0.1, -0.05) is 29.0 Å². The zero-order valence-corrected chi connectivity index (χ0v) is 21.2. The molecule has 0 spiro atoms. The minimum atomic E-state index is -3.83. The first kappa shape index (κ1) is 24.0. The Morgan fingerprint density at radius 3 is 2.64 bits per heavy atom. The Labute approximate surface area is 204 Å². The number of hydrogen-bond acceptors (Lipinski definition) is 7. The third-order valence-corrected chi connectivity index (χ3v) is 9.95. The van der Waals surface area contributed by atoms with E-state index in [9.17, 15) is 13.2 Å². The maximum atomic E-state index is 13.2. The molecule has 8 nitrogen and oxygen atoms in total. The summed E-state index contributed by atoms with van der Waals surface area (Å²) in [5, 5.41) is 0. The average Bonchev–Trinajstić information content (AvgIpc) is 3.52. The highest BCUT2D eigenvalue weighted by Gasteiger charge is 2.40. The third kappa shape index (κ3) is 4.47. The number of rotatable bonds is 7. The number of methoxy groups -OCH3 is 2. The fourth-order valence-corrected chi connectivity index (χ4v) is 8.10. The van der Waals surface area contributed by atoms with Crippen molar-refractivity contribution >= 4 is 60.4 Å². The number of allylic oxidation sites excluding steroid dienone is 1. The van der Waals surface area contributed by atoms with Crippen molar-refractivity contribution < 1.29 is 22.7 Å². The van der Waals surface area contributed by atoms with Crippen LogP contribution in [0.1, 0.15) is 12.8 Å². The molecule has 3 aromatic rings. The van der Waals surface area contributed by atoms with Gasteiger partial charge in [-0.15, -0.1) is 17.9 Å². The summed E-state index contributed by atoms with van der Waals surface area (Å²) in [6.45, 7) is 4.48. The van der Waals surface area contributed by atoms with Crippen molar-refractivity contribution in [2.75, 3.05) is 20.8 Å². The number of fused-ring (bicyclic) bond motifs is 1. The lowest BCUT2D eigenvalue weighted by Crippen LogP contribution is -2.40. The lowest BCUT2D eigenvalue weighted by molar-refractivity contribution is -0.121. The molecule has 1 aromatic carbocycles. The van der Waals surface area contributed by atoms with Gasteiger partial charge in [0.2, 0.25) is 0 Å². The van der Waals surface area contributed by atoms with Crippen LogP contribution in [0.4, 0.5) is 0 Å². The molecule has 33 heavy (non-hydrogen) atoms. The van der Waals surface area contributed by atoms with E-state index < -0.39 is 22.0 Å². The van der Waals surface area contributed by atoms with Gasteiger partial charge >= 0.3 is 0 Å². The number of nitrogens with zero attached hydrogens (tertiary/aromatic N) is 3. The lowest BCUT2D eigenvalue weighted by Gasteiger charge is -2.20. The van der Waals surface area contributed by atoms with Gasteiger partial charge in [0.05, 0.1) is 28.8 Å². The molecule has 0 bridgehead atoms. The molecule has 4 rings (SSSR count). The highest BCUT2D eigenvalue weighted by Crippen LogP contribution is 2.34. The summed E-state index contributed by atoms with van der Waals surface area (Å²) in [7, 11) is -0.724. The van der Waals surface area contributed by atoms with Crippen LogP contribution in [0.25, 0.3) is 10.2 Å². The van der Waals surface area contributed by atoms with Crippen molar-refractivity contribution in [3.05, 3.63) is 46.1 Å². The minimum absolute atomic E-state index is 0.120. The van der Waals surface area contributed by atoms with E-state index in [2.05, 4.69) is 11.6 Å². The molecule has 0 saturated carbocycles. The van der Waals surface area contributed by atoms with Crippen LogP contribution in [0, 0.1) is 0 Å². The predicted octanol–water partition coefficient (Wildman–Crippen LogP) is 3.90. The summed E-state index contributed by atoms with van der Waals surface area (Å²) >= 11 is 8.22. The monoisotopic (exact) mass is 527 g/mol. The predicted molar refractivity (Wildman–Crippen MR) is 130 cm³/mol. The lowest BCUT2D eigenvalue weighted by atomic mass is 10.2. The van der Waals surface area contributed by atoms with Crippen molar-refractivity contribution in [3.63, 3.8) is 0 Å². The summed E-state index contributed by atoms with van der Waals surface area (Å²) in [6, 6.07) is 5.79. The summed E-state index contributed by atoms with van der Waals surface area (Å²) < 4.78 is 41.4. The van der Waals surface area contributed by atoms with Crippen molar-refractivity contribution in [2.24, 2.45) is 4.99 Å².